The molecule has 0 aliphatic carbocycles. The van der Waals surface area contributed by atoms with Crippen LogP contribution in [-0.4, -0.2) is 35.1 Å². The third kappa shape index (κ3) is 6.69. The second-order valence-electron chi connectivity index (χ2n) is 8.63. The number of methoxy groups -OCH3 is 2. The minimum absolute atomic E-state index is 0.0740. The normalized spacial score (nSPS) is 11.8. The summed E-state index contributed by atoms with van der Waals surface area (Å²) in [6, 6.07) is 28.6. The van der Waals surface area contributed by atoms with Crippen molar-refractivity contribution in [3.05, 3.63) is 109 Å². The van der Waals surface area contributed by atoms with E-state index >= 15 is 0 Å². The molecule has 1 atom stereocenters. The van der Waals surface area contributed by atoms with Gasteiger partial charge < -0.3 is 19.5 Å². The summed E-state index contributed by atoms with van der Waals surface area (Å²) in [5.41, 5.74) is 1.02. The second-order valence-corrected chi connectivity index (χ2v) is 10.5. The molecule has 0 aliphatic rings. The van der Waals surface area contributed by atoms with Gasteiger partial charge in [-0.05, 0) is 73.7 Å². The zero-order valence-electron chi connectivity index (χ0n) is 21.9. The van der Waals surface area contributed by atoms with E-state index in [0.29, 0.717) is 34.2 Å². The van der Waals surface area contributed by atoms with Gasteiger partial charge in [0.25, 0.3) is 10.0 Å². The number of benzene rings is 4. The van der Waals surface area contributed by atoms with Crippen LogP contribution in [0.15, 0.2) is 108 Å². The lowest BCUT2D eigenvalue weighted by molar-refractivity contribution is -0.120. The molecule has 4 aromatic carbocycles. The highest BCUT2D eigenvalue weighted by atomic mass is 32.2. The van der Waals surface area contributed by atoms with E-state index in [1.807, 2.05) is 30.3 Å². The van der Waals surface area contributed by atoms with E-state index in [2.05, 4.69) is 5.32 Å². The Labute approximate surface area is 228 Å². The molecule has 0 saturated carbocycles. The molecule has 0 unspecified atom stereocenters. The van der Waals surface area contributed by atoms with Gasteiger partial charge in [0.1, 0.15) is 29.5 Å². The standard InChI is InChI=1S/C30H30N2O6S/c1-22(28-20-26(36-2)18-19-29(28)37-3)31-30(33)21-32(39(34,35)27-12-8-5-9-13-27)23-14-16-25(17-15-23)38-24-10-6-4-7-11-24/h4-20,22H,21H2,1-3H3,(H,31,33)/t22-/m0/s1. The first kappa shape index (κ1) is 27.5. The average molecular weight is 547 g/mol. The van der Waals surface area contributed by atoms with E-state index < -0.39 is 28.5 Å². The molecule has 4 rings (SSSR count). The maximum absolute atomic E-state index is 13.7. The van der Waals surface area contributed by atoms with Gasteiger partial charge in [0.15, 0.2) is 0 Å². The molecule has 1 N–H and O–H groups in total. The molecular formula is C30H30N2O6S. The number of sulfonamides is 1. The highest BCUT2D eigenvalue weighted by Crippen LogP contribution is 2.30. The summed E-state index contributed by atoms with van der Waals surface area (Å²) in [5, 5.41) is 2.88. The first-order valence-electron chi connectivity index (χ1n) is 12.2. The quantitative estimate of drug-likeness (QED) is 0.264. The van der Waals surface area contributed by atoms with Gasteiger partial charge in [-0.2, -0.15) is 0 Å². The molecular weight excluding hydrogens is 516 g/mol. The van der Waals surface area contributed by atoms with Gasteiger partial charge in [-0.25, -0.2) is 8.42 Å². The van der Waals surface area contributed by atoms with Crippen LogP contribution in [0, 0.1) is 0 Å². The first-order chi connectivity index (χ1) is 18.8. The fraction of sp³-hybridized carbons (Fsp3) is 0.167. The van der Waals surface area contributed by atoms with Crippen molar-refractivity contribution in [2.24, 2.45) is 0 Å². The summed E-state index contributed by atoms with van der Waals surface area (Å²) in [7, 11) is -0.964. The summed E-state index contributed by atoms with van der Waals surface area (Å²) < 4.78 is 45.0. The van der Waals surface area contributed by atoms with Gasteiger partial charge in [-0.15, -0.1) is 0 Å². The van der Waals surface area contributed by atoms with Gasteiger partial charge in [0, 0.05) is 5.56 Å². The van der Waals surface area contributed by atoms with Crippen LogP contribution >= 0.6 is 0 Å². The Bertz CT molecular complexity index is 1490. The van der Waals surface area contributed by atoms with Crippen LogP contribution in [0.4, 0.5) is 5.69 Å². The van der Waals surface area contributed by atoms with Crippen LogP contribution in [0.2, 0.25) is 0 Å². The Morgan fingerprint density at radius 1 is 0.795 bits per heavy atom. The third-order valence-electron chi connectivity index (χ3n) is 6.00. The lowest BCUT2D eigenvalue weighted by Crippen LogP contribution is -2.41. The smallest absolute Gasteiger partial charge is 0.264 e. The van der Waals surface area contributed by atoms with E-state index in [9.17, 15) is 13.2 Å². The zero-order chi connectivity index (χ0) is 27.8. The molecule has 4 aromatic rings. The number of hydrogen-bond donors (Lipinski definition) is 1. The number of carbonyl (C=O) groups is 1. The van der Waals surface area contributed by atoms with Crippen molar-refractivity contribution in [3.63, 3.8) is 0 Å². The molecule has 0 spiro atoms. The number of carbonyl (C=O) groups excluding carboxylic acids is 1. The van der Waals surface area contributed by atoms with E-state index in [0.717, 1.165) is 4.31 Å². The summed E-state index contributed by atoms with van der Waals surface area (Å²) in [4.78, 5) is 13.3. The number of ether oxygens (including phenoxy) is 3. The fourth-order valence-electron chi connectivity index (χ4n) is 4.01. The molecule has 202 valence electrons. The van der Waals surface area contributed by atoms with Crippen molar-refractivity contribution >= 4 is 21.6 Å². The largest absolute Gasteiger partial charge is 0.497 e. The summed E-state index contributed by atoms with van der Waals surface area (Å²) in [5.74, 6) is 1.88. The highest BCUT2D eigenvalue weighted by Gasteiger charge is 2.28. The summed E-state index contributed by atoms with van der Waals surface area (Å²) in [6.07, 6.45) is 0. The molecule has 0 heterocycles. The topological polar surface area (TPSA) is 94.2 Å². The molecule has 1 amide bonds. The Kier molecular flexibility index (Phi) is 8.73. The van der Waals surface area contributed by atoms with Crippen LogP contribution < -0.4 is 23.8 Å². The van der Waals surface area contributed by atoms with Crippen LogP contribution in [0.1, 0.15) is 18.5 Å². The molecule has 0 saturated heterocycles. The first-order valence-corrected chi connectivity index (χ1v) is 13.7. The number of amides is 1. The summed E-state index contributed by atoms with van der Waals surface area (Å²) >= 11 is 0. The van der Waals surface area contributed by atoms with E-state index in [1.54, 1.807) is 81.8 Å². The predicted molar refractivity (Wildman–Crippen MR) is 150 cm³/mol. The molecule has 8 nitrogen and oxygen atoms in total. The van der Waals surface area contributed by atoms with Crippen LogP contribution in [0.5, 0.6) is 23.0 Å². The van der Waals surface area contributed by atoms with Crippen LogP contribution in [-0.2, 0) is 14.8 Å². The number of rotatable bonds is 11. The highest BCUT2D eigenvalue weighted by molar-refractivity contribution is 7.92. The Morgan fingerprint density at radius 2 is 1.38 bits per heavy atom. The molecule has 0 aromatic heterocycles. The molecule has 0 bridgehead atoms. The monoisotopic (exact) mass is 546 g/mol. The molecule has 39 heavy (non-hydrogen) atoms. The third-order valence-corrected chi connectivity index (χ3v) is 7.79. The number of para-hydroxylation sites is 1. The Balaban J connectivity index is 1.60. The van der Waals surface area contributed by atoms with E-state index in [1.165, 1.54) is 12.1 Å². The fourth-order valence-corrected chi connectivity index (χ4v) is 5.45. The maximum atomic E-state index is 13.7. The number of nitrogens with one attached hydrogen (secondary N) is 1. The SMILES string of the molecule is COc1ccc(OC)c([C@H](C)NC(=O)CN(c2ccc(Oc3ccccc3)cc2)S(=O)(=O)c2ccccc2)c1. The van der Waals surface area contributed by atoms with Crippen molar-refractivity contribution in [3.8, 4) is 23.0 Å². The van der Waals surface area contributed by atoms with E-state index in [4.69, 9.17) is 14.2 Å². The van der Waals surface area contributed by atoms with Crippen LogP contribution in [0.25, 0.3) is 0 Å². The second kappa shape index (κ2) is 12.4. The Hall–Kier alpha value is -4.50. The minimum Gasteiger partial charge on any atom is -0.497 e. The van der Waals surface area contributed by atoms with Gasteiger partial charge in [0.05, 0.1) is 30.8 Å². The van der Waals surface area contributed by atoms with Gasteiger partial charge in [0.2, 0.25) is 5.91 Å². The molecule has 0 fully saturated rings. The van der Waals surface area contributed by atoms with E-state index in [-0.39, 0.29) is 4.90 Å². The van der Waals surface area contributed by atoms with Crippen molar-refractivity contribution < 1.29 is 27.4 Å². The number of nitrogens with zero attached hydrogens (tertiary/aromatic N) is 1. The van der Waals surface area contributed by atoms with Gasteiger partial charge in [-0.1, -0.05) is 36.4 Å². The lowest BCUT2D eigenvalue weighted by atomic mass is 10.1. The summed E-state index contributed by atoms with van der Waals surface area (Å²) in [6.45, 7) is 1.35. The van der Waals surface area contributed by atoms with Crippen molar-refractivity contribution in [1.29, 1.82) is 0 Å². The average Bonchev–Trinajstić information content (AvgIpc) is 2.97. The zero-order valence-corrected chi connectivity index (χ0v) is 22.7. The lowest BCUT2D eigenvalue weighted by Gasteiger charge is -2.25. The maximum Gasteiger partial charge on any atom is 0.264 e. The molecule has 0 aliphatic heterocycles. The van der Waals surface area contributed by atoms with Crippen molar-refractivity contribution in [2.45, 2.75) is 17.9 Å². The molecule has 9 heteroatoms. The number of hydrogen-bond acceptors (Lipinski definition) is 6. The minimum atomic E-state index is -4.06. The van der Waals surface area contributed by atoms with Gasteiger partial charge in [-0.3, -0.25) is 9.10 Å². The number of anilines is 1. The van der Waals surface area contributed by atoms with Crippen molar-refractivity contribution in [1.82, 2.24) is 5.32 Å². The Morgan fingerprint density at radius 3 is 2.00 bits per heavy atom. The van der Waals surface area contributed by atoms with Crippen LogP contribution in [0.3, 0.4) is 0 Å². The predicted octanol–water partition coefficient (Wildman–Crippen LogP) is 5.57. The van der Waals surface area contributed by atoms with Gasteiger partial charge >= 0.3 is 0 Å². The molecule has 0 radical (unpaired) electrons. The van der Waals surface area contributed by atoms with Crippen molar-refractivity contribution in [2.75, 3.05) is 25.1 Å².